The fourth-order valence-corrected chi connectivity index (χ4v) is 9.72. The first kappa shape index (κ1) is 67.9. The summed E-state index contributed by atoms with van der Waals surface area (Å²) in [6.45, 7) is 28.9. The molecule has 0 bridgehead atoms. The number of unbranched alkanes of at least 4 members (excludes halogenated alkanes) is 1. The Bertz CT molecular complexity index is 1560. The van der Waals surface area contributed by atoms with E-state index < -0.39 is 24.3 Å². The highest BCUT2D eigenvalue weighted by atomic mass is 16.7. The molecule has 0 radical (unpaired) electrons. The Balaban J connectivity index is 1.39. The predicted octanol–water partition coefficient (Wildman–Crippen LogP) is 6.60. The van der Waals surface area contributed by atoms with Gasteiger partial charge in [-0.3, -0.25) is 28.8 Å². The molecule has 0 aromatic heterocycles. The van der Waals surface area contributed by atoms with Crippen molar-refractivity contribution in [1.82, 2.24) is 10.6 Å². The van der Waals surface area contributed by atoms with Crippen LogP contribution in [-0.2, 0) is 85.6 Å². The van der Waals surface area contributed by atoms with E-state index in [9.17, 15) is 28.8 Å². The quantitative estimate of drug-likeness (QED) is 0.0378. The van der Waals surface area contributed by atoms with Crippen molar-refractivity contribution in [3.8, 4) is 0 Å². The topological polar surface area (TPSA) is 237 Å². The van der Waals surface area contributed by atoms with E-state index in [0.29, 0.717) is 82.8 Å². The molecule has 3 saturated heterocycles. The van der Waals surface area contributed by atoms with E-state index in [4.69, 9.17) is 56.8 Å². The van der Waals surface area contributed by atoms with Crippen molar-refractivity contribution in [2.75, 3.05) is 92.4 Å². The number of rotatable bonds is 37. The van der Waals surface area contributed by atoms with Crippen LogP contribution in [0.3, 0.4) is 0 Å². The molecular formula is C57H100N2O18. The van der Waals surface area contributed by atoms with Gasteiger partial charge in [-0.25, -0.2) is 0 Å². The number of Topliss-reactive ketones (excluding diaryl/α,β-unsaturated/α-hetero) is 1. The summed E-state index contributed by atoms with van der Waals surface area (Å²) in [4.78, 5) is 72.6. The minimum absolute atomic E-state index is 0.0810. The fourth-order valence-electron chi connectivity index (χ4n) is 9.72. The van der Waals surface area contributed by atoms with Crippen LogP contribution in [0, 0.1) is 58.7 Å². The normalized spacial score (nSPS) is 30.2. The molecule has 3 aliphatic heterocycles. The van der Waals surface area contributed by atoms with Crippen LogP contribution < -0.4 is 10.6 Å². The lowest BCUT2D eigenvalue weighted by molar-refractivity contribution is -0.255. The number of ether oxygens (including phenoxy) is 12. The minimum atomic E-state index is -0.650. The lowest BCUT2D eigenvalue weighted by Crippen LogP contribution is -2.48. The first-order valence-electron chi connectivity index (χ1n) is 28.5. The van der Waals surface area contributed by atoms with Crippen LogP contribution in [0.1, 0.15) is 141 Å². The van der Waals surface area contributed by atoms with Crippen LogP contribution in [-0.4, -0.2) is 165 Å². The van der Waals surface area contributed by atoms with E-state index in [2.05, 4.69) is 72.9 Å². The molecule has 15 atom stereocenters. The molecule has 77 heavy (non-hydrogen) atoms. The highest BCUT2D eigenvalue weighted by Gasteiger charge is 2.42. The van der Waals surface area contributed by atoms with Gasteiger partial charge in [-0.15, -0.1) is 0 Å². The van der Waals surface area contributed by atoms with Gasteiger partial charge in [0.15, 0.2) is 18.9 Å². The molecule has 20 heteroatoms. The van der Waals surface area contributed by atoms with Crippen molar-refractivity contribution in [2.24, 2.45) is 58.7 Å². The summed E-state index contributed by atoms with van der Waals surface area (Å²) in [5.74, 6) is 0.706. The monoisotopic (exact) mass is 1100 g/mol. The van der Waals surface area contributed by atoms with Gasteiger partial charge in [0.25, 0.3) is 0 Å². The summed E-state index contributed by atoms with van der Waals surface area (Å²) >= 11 is 0. The molecule has 0 aromatic rings. The maximum Gasteiger partial charge on any atom is 0.302 e. The molecule has 0 saturated carbocycles. The lowest BCUT2D eigenvalue weighted by atomic mass is 9.79. The van der Waals surface area contributed by atoms with Crippen molar-refractivity contribution in [1.29, 1.82) is 0 Å². The number of ketones is 1. The van der Waals surface area contributed by atoms with Gasteiger partial charge in [-0.05, 0) is 61.2 Å². The number of amides is 2. The number of esters is 3. The van der Waals surface area contributed by atoms with Crippen LogP contribution >= 0.6 is 0 Å². The third kappa shape index (κ3) is 25.3. The first-order chi connectivity index (χ1) is 36.5. The Morgan fingerprint density at radius 3 is 1.06 bits per heavy atom. The van der Waals surface area contributed by atoms with E-state index in [0.717, 1.165) is 0 Å². The number of hydrogen-bond donors (Lipinski definition) is 2. The fraction of sp³-hybridized carbons (Fsp3) is 0.895. The molecule has 0 aliphatic carbocycles. The lowest BCUT2D eigenvalue weighted by Gasteiger charge is -2.43. The zero-order valence-electron chi connectivity index (χ0n) is 49.1. The predicted molar refractivity (Wildman–Crippen MR) is 285 cm³/mol. The van der Waals surface area contributed by atoms with Gasteiger partial charge in [-0.1, -0.05) is 69.2 Å². The van der Waals surface area contributed by atoms with Gasteiger partial charge < -0.3 is 67.5 Å². The summed E-state index contributed by atoms with van der Waals surface area (Å²) in [5.41, 5.74) is -0.650. The van der Waals surface area contributed by atoms with Gasteiger partial charge in [0.2, 0.25) is 11.8 Å². The number of nitrogens with one attached hydrogen (secondary N) is 2. The smallest absolute Gasteiger partial charge is 0.302 e. The Labute approximate surface area is 460 Å². The van der Waals surface area contributed by atoms with Crippen LogP contribution in [0.2, 0.25) is 0 Å². The van der Waals surface area contributed by atoms with E-state index in [-0.39, 0.29) is 168 Å². The molecule has 2 amide bonds. The highest BCUT2D eigenvalue weighted by Crippen LogP contribution is 2.38. The number of carbonyl (C=O) groups is 6. The van der Waals surface area contributed by atoms with Crippen LogP contribution in [0.5, 0.6) is 0 Å². The molecule has 3 heterocycles. The Morgan fingerprint density at radius 2 is 0.727 bits per heavy atom. The average molecular weight is 1100 g/mol. The van der Waals surface area contributed by atoms with Crippen molar-refractivity contribution in [3.63, 3.8) is 0 Å². The second-order valence-electron chi connectivity index (χ2n) is 22.5. The molecule has 0 spiro atoms. The minimum Gasteiger partial charge on any atom is -0.463 e. The largest absolute Gasteiger partial charge is 0.463 e. The van der Waals surface area contributed by atoms with Crippen LogP contribution in [0.25, 0.3) is 0 Å². The molecule has 3 aliphatic rings. The van der Waals surface area contributed by atoms with Crippen molar-refractivity contribution in [3.05, 3.63) is 0 Å². The standard InChI is InChI=1S/C57H100N2O18/c1-36-39(4)49(30-72-45(10)60)75-54(42(36)7)69-24-15-14-18-48(63)19-27-66-33-57(13,34-67-28-20-52(64)58-22-16-25-70-55-43(8)37(2)40(5)50(76-55)31-73-46(11)61)35-68-29-21-53(65)59-23-17-26-71-56-44(9)38(3)41(6)51(77-56)32-74-47(12)62/h36-44,49-51,54-56H,14-35H2,1-13H3,(H,58,64)(H,59,65)/t36-,37-,38-,39+,40+,41+,42?,43?,44?,49?,50?,51?,54+,55+,56+,57?/m0/s1. The Morgan fingerprint density at radius 1 is 0.403 bits per heavy atom. The van der Waals surface area contributed by atoms with E-state index in [1.807, 2.05) is 6.92 Å². The Kier molecular flexibility index (Phi) is 31.9. The summed E-state index contributed by atoms with van der Waals surface area (Å²) in [6.07, 6.45) is 1.40. The number of hydrogen-bond acceptors (Lipinski definition) is 18. The highest BCUT2D eigenvalue weighted by molar-refractivity contribution is 5.78. The molecule has 20 nitrogen and oxygen atoms in total. The molecule has 446 valence electrons. The number of carbonyl (C=O) groups excluding carboxylic acids is 6. The van der Waals surface area contributed by atoms with E-state index in [1.165, 1.54) is 20.8 Å². The molecule has 6 unspecified atom stereocenters. The van der Waals surface area contributed by atoms with Crippen molar-refractivity contribution < 1.29 is 85.6 Å². The zero-order valence-corrected chi connectivity index (χ0v) is 49.1. The summed E-state index contributed by atoms with van der Waals surface area (Å²) in [6, 6.07) is 0. The van der Waals surface area contributed by atoms with E-state index in [1.54, 1.807) is 0 Å². The summed E-state index contributed by atoms with van der Waals surface area (Å²) in [5, 5.41) is 5.85. The maximum absolute atomic E-state index is 12.9. The third-order valence-corrected chi connectivity index (χ3v) is 16.1. The Hall–Kier alpha value is -3.34. The van der Waals surface area contributed by atoms with Gasteiger partial charge >= 0.3 is 17.9 Å². The zero-order chi connectivity index (χ0) is 57.1. The summed E-state index contributed by atoms with van der Waals surface area (Å²) in [7, 11) is 0. The van der Waals surface area contributed by atoms with Crippen LogP contribution in [0.15, 0.2) is 0 Å². The second-order valence-corrected chi connectivity index (χ2v) is 22.5. The van der Waals surface area contributed by atoms with Crippen molar-refractivity contribution >= 4 is 35.5 Å². The van der Waals surface area contributed by atoms with Crippen LogP contribution in [0.4, 0.5) is 0 Å². The molecule has 2 N–H and O–H groups in total. The SMILES string of the molecule is CC(=O)OCC1O[C@@H](OCCCCC(=O)CCOCC(C)(COCCC(=O)NCCCO[C@@H]2OC(COC(C)=O)[C@H](C)[C@H](C)C2C)COCCC(=O)NCCCO[C@@H]2OC(COC(C)=O)[C@H](C)[C@H](C)C2C)C(C)[C@@H](C)[C@H]1C. The van der Waals surface area contributed by atoms with E-state index >= 15 is 0 Å². The molecule has 0 aromatic carbocycles. The second kappa shape index (κ2) is 36.1. The summed E-state index contributed by atoms with van der Waals surface area (Å²) < 4.78 is 70.5. The first-order valence-corrected chi connectivity index (χ1v) is 28.5. The maximum atomic E-state index is 12.9. The molecular weight excluding hydrogens is 1000 g/mol. The van der Waals surface area contributed by atoms with Gasteiger partial charge in [-0.2, -0.15) is 0 Å². The average Bonchev–Trinajstić information content (AvgIpc) is 3.38. The van der Waals surface area contributed by atoms with Gasteiger partial charge in [0.1, 0.15) is 25.6 Å². The van der Waals surface area contributed by atoms with Gasteiger partial charge in [0, 0.05) is 89.3 Å². The molecule has 3 fully saturated rings. The van der Waals surface area contributed by atoms with Gasteiger partial charge in [0.05, 0.1) is 71.2 Å². The third-order valence-electron chi connectivity index (χ3n) is 16.1. The van der Waals surface area contributed by atoms with Crippen molar-refractivity contribution in [2.45, 2.75) is 179 Å². The molecule has 3 rings (SSSR count).